The molecule has 0 aromatic rings. The SMILES string of the molecule is C=CCC(C)N=C(N)NN. The van der Waals surface area contributed by atoms with E-state index in [4.69, 9.17) is 11.6 Å². The van der Waals surface area contributed by atoms with E-state index >= 15 is 0 Å². The highest BCUT2D eigenvalue weighted by Gasteiger charge is 1.94. The Morgan fingerprint density at radius 2 is 2.50 bits per heavy atom. The number of rotatable bonds is 3. The fourth-order valence-corrected chi connectivity index (χ4v) is 0.569. The van der Waals surface area contributed by atoms with Crippen LogP contribution in [-0.4, -0.2) is 12.0 Å². The number of nitrogens with one attached hydrogen (secondary N) is 1. The summed E-state index contributed by atoms with van der Waals surface area (Å²) in [6, 6.07) is 0.147. The predicted octanol–water partition coefficient (Wildman–Crippen LogP) is -0.271. The summed E-state index contributed by atoms with van der Waals surface area (Å²) in [5.74, 6) is 5.24. The number of guanidine groups is 1. The molecule has 0 aliphatic rings. The monoisotopic (exact) mass is 142 g/mol. The van der Waals surface area contributed by atoms with Gasteiger partial charge in [0.25, 0.3) is 0 Å². The summed E-state index contributed by atoms with van der Waals surface area (Å²) in [4.78, 5) is 3.97. The van der Waals surface area contributed by atoms with Crippen molar-refractivity contribution in [1.29, 1.82) is 0 Å². The highest BCUT2D eigenvalue weighted by Crippen LogP contribution is 1.95. The van der Waals surface area contributed by atoms with Crippen molar-refractivity contribution in [2.45, 2.75) is 19.4 Å². The fourth-order valence-electron chi connectivity index (χ4n) is 0.569. The minimum atomic E-state index is 0.147. The molecule has 1 unspecified atom stereocenters. The van der Waals surface area contributed by atoms with Gasteiger partial charge >= 0.3 is 0 Å². The Morgan fingerprint density at radius 3 is 2.90 bits per heavy atom. The van der Waals surface area contributed by atoms with Crippen LogP contribution in [0.4, 0.5) is 0 Å². The van der Waals surface area contributed by atoms with Crippen molar-refractivity contribution in [1.82, 2.24) is 5.43 Å². The van der Waals surface area contributed by atoms with Crippen LogP contribution in [0.25, 0.3) is 0 Å². The second-order valence-corrected chi connectivity index (χ2v) is 2.03. The molecule has 0 amide bonds. The Morgan fingerprint density at radius 1 is 1.90 bits per heavy atom. The van der Waals surface area contributed by atoms with E-state index in [2.05, 4.69) is 17.0 Å². The molecule has 58 valence electrons. The highest BCUT2D eigenvalue weighted by molar-refractivity contribution is 5.77. The van der Waals surface area contributed by atoms with Gasteiger partial charge < -0.3 is 5.73 Å². The topological polar surface area (TPSA) is 76.4 Å². The standard InChI is InChI=1S/C6H14N4/c1-3-4-5(2)9-6(7)10-8/h3,5H,1,4,8H2,2H3,(H3,7,9,10). The normalized spacial score (nSPS) is 14.4. The van der Waals surface area contributed by atoms with Gasteiger partial charge in [-0.15, -0.1) is 6.58 Å². The Bertz CT molecular complexity index is 130. The van der Waals surface area contributed by atoms with E-state index in [1.54, 1.807) is 6.08 Å². The largest absolute Gasteiger partial charge is 0.369 e. The second kappa shape index (κ2) is 4.81. The van der Waals surface area contributed by atoms with Crippen LogP contribution in [0.5, 0.6) is 0 Å². The Hall–Kier alpha value is -1.03. The quantitative estimate of drug-likeness (QED) is 0.167. The first-order chi connectivity index (χ1) is 4.70. The second-order valence-electron chi connectivity index (χ2n) is 2.03. The molecule has 0 saturated heterocycles. The van der Waals surface area contributed by atoms with Gasteiger partial charge in [0.2, 0.25) is 5.96 Å². The smallest absolute Gasteiger partial charge is 0.203 e. The first-order valence-electron chi connectivity index (χ1n) is 3.11. The molecule has 0 aromatic carbocycles. The summed E-state index contributed by atoms with van der Waals surface area (Å²) in [6.07, 6.45) is 2.60. The molecule has 0 aliphatic heterocycles. The van der Waals surface area contributed by atoms with Crippen LogP contribution in [0.3, 0.4) is 0 Å². The first-order valence-corrected chi connectivity index (χ1v) is 3.11. The maximum atomic E-state index is 5.28. The van der Waals surface area contributed by atoms with Crippen molar-refractivity contribution >= 4 is 5.96 Å². The molecule has 4 nitrogen and oxygen atoms in total. The molecular formula is C6H14N4. The van der Waals surface area contributed by atoms with Gasteiger partial charge in [-0.1, -0.05) is 6.08 Å². The van der Waals surface area contributed by atoms with E-state index in [1.165, 1.54) is 0 Å². The van der Waals surface area contributed by atoms with E-state index in [9.17, 15) is 0 Å². The van der Waals surface area contributed by atoms with Crippen molar-refractivity contribution in [3.63, 3.8) is 0 Å². The van der Waals surface area contributed by atoms with Gasteiger partial charge in [-0.25, -0.2) is 10.8 Å². The van der Waals surface area contributed by atoms with Crippen LogP contribution < -0.4 is 17.0 Å². The molecule has 5 N–H and O–H groups in total. The Labute approximate surface area is 61.0 Å². The Kier molecular flexibility index (Phi) is 4.32. The number of nitrogens with zero attached hydrogens (tertiary/aromatic N) is 1. The minimum absolute atomic E-state index is 0.147. The maximum Gasteiger partial charge on any atom is 0.203 e. The number of hydrogen-bond acceptors (Lipinski definition) is 2. The van der Waals surface area contributed by atoms with Crippen molar-refractivity contribution in [2.24, 2.45) is 16.6 Å². The molecule has 0 aromatic heterocycles. The molecule has 0 fully saturated rings. The lowest BCUT2D eigenvalue weighted by Crippen LogP contribution is -2.37. The number of hydrogen-bond donors (Lipinski definition) is 3. The van der Waals surface area contributed by atoms with E-state index in [-0.39, 0.29) is 12.0 Å². The van der Waals surface area contributed by atoms with Gasteiger partial charge in [0, 0.05) is 0 Å². The summed E-state index contributed by atoms with van der Waals surface area (Å²) < 4.78 is 0. The van der Waals surface area contributed by atoms with E-state index in [0.717, 1.165) is 6.42 Å². The highest BCUT2D eigenvalue weighted by atomic mass is 15.3. The van der Waals surface area contributed by atoms with Gasteiger partial charge in [0.05, 0.1) is 6.04 Å². The van der Waals surface area contributed by atoms with Crippen LogP contribution >= 0.6 is 0 Å². The van der Waals surface area contributed by atoms with Crippen LogP contribution in [0.15, 0.2) is 17.6 Å². The summed E-state index contributed by atoms with van der Waals surface area (Å²) in [5, 5.41) is 0. The third-order valence-electron chi connectivity index (χ3n) is 1.02. The summed E-state index contributed by atoms with van der Waals surface area (Å²) in [7, 11) is 0. The van der Waals surface area contributed by atoms with E-state index in [1.807, 2.05) is 6.92 Å². The maximum absolute atomic E-state index is 5.28. The average Bonchev–Trinajstić information content (AvgIpc) is 1.88. The van der Waals surface area contributed by atoms with Crippen LogP contribution in [0.2, 0.25) is 0 Å². The third kappa shape index (κ3) is 3.91. The molecule has 0 spiro atoms. The van der Waals surface area contributed by atoms with Crippen LogP contribution in [0.1, 0.15) is 13.3 Å². The predicted molar refractivity (Wildman–Crippen MR) is 43.2 cm³/mol. The van der Waals surface area contributed by atoms with Crippen molar-refractivity contribution in [3.8, 4) is 0 Å². The van der Waals surface area contributed by atoms with Gasteiger partial charge in [0.15, 0.2) is 0 Å². The summed E-state index contributed by atoms with van der Waals surface area (Å²) in [5.41, 5.74) is 7.53. The van der Waals surface area contributed by atoms with Crippen LogP contribution in [-0.2, 0) is 0 Å². The summed E-state index contributed by atoms with van der Waals surface area (Å²) >= 11 is 0. The molecule has 0 heterocycles. The molecule has 10 heavy (non-hydrogen) atoms. The van der Waals surface area contributed by atoms with Gasteiger partial charge in [-0.05, 0) is 13.3 Å². The van der Waals surface area contributed by atoms with Crippen LogP contribution in [0, 0.1) is 0 Å². The van der Waals surface area contributed by atoms with Crippen molar-refractivity contribution in [2.75, 3.05) is 0 Å². The number of nitrogens with two attached hydrogens (primary N) is 2. The van der Waals surface area contributed by atoms with E-state index in [0.29, 0.717) is 0 Å². The lowest BCUT2D eigenvalue weighted by atomic mass is 10.2. The molecular weight excluding hydrogens is 128 g/mol. The third-order valence-corrected chi connectivity index (χ3v) is 1.02. The fraction of sp³-hybridized carbons (Fsp3) is 0.500. The molecule has 0 aliphatic carbocycles. The zero-order chi connectivity index (χ0) is 7.98. The van der Waals surface area contributed by atoms with Gasteiger partial charge in [-0.3, -0.25) is 5.43 Å². The van der Waals surface area contributed by atoms with E-state index < -0.39 is 0 Å². The minimum Gasteiger partial charge on any atom is -0.369 e. The van der Waals surface area contributed by atoms with Gasteiger partial charge in [-0.2, -0.15) is 0 Å². The van der Waals surface area contributed by atoms with Crippen molar-refractivity contribution in [3.05, 3.63) is 12.7 Å². The first kappa shape index (κ1) is 8.97. The van der Waals surface area contributed by atoms with Crippen molar-refractivity contribution < 1.29 is 0 Å². The van der Waals surface area contributed by atoms with Gasteiger partial charge in [0.1, 0.15) is 0 Å². The molecule has 0 rings (SSSR count). The molecule has 4 heteroatoms. The lowest BCUT2D eigenvalue weighted by molar-refractivity contribution is 0.748. The average molecular weight is 142 g/mol. The molecule has 0 saturated carbocycles. The zero-order valence-corrected chi connectivity index (χ0v) is 6.17. The lowest BCUT2D eigenvalue weighted by Gasteiger charge is -2.03. The number of aliphatic imine (C=N–C) groups is 1. The molecule has 0 bridgehead atoms. The summed E-state index contributed by atoms with van der Waals surface area (Å²) in [6.45, 7) is 5.51. The Balaban J connectivity index is 3.73. The molecule has 0 radical (unpaired) electrons. The molecule has 1 atom stereocenters. The zero-order valence-electron chi connectivity index (χ0n) is 6.17. The number of hydrazine groups is 1.